The van der Waals surface area contributed by atoms with E-state index in [0.717, 1.165) is 45.0 Å². The number of halogens is 3. The molecule has 1 N–H and O–H groups in total. The molecule has 1 saturated carbocycles. The van der Waals surface area contributed by atoms with Gasteiger partial charge in [-0.2, -0.15) is 0 Å². The Morgan fingerprint density at radius 2 is 2.04 bits per heavy atom. The summed E-state index contributed by atoms with van der Waals surface area (Å²) in [6.45, 7) is 3.22. The lowest BCUT2D eigenvalue weighted by Crippen LogP contribution is -2.61. The molecule has 1 aliphatic heterocycles. The molecule has 6 nitrogen and oxygen atoms in total. The summed E-state index contributed by atoms with van der Waals surface area (Å²) < 4.78 is 46.1. The van der Waals surface area contributed by atoms with Gasteiger partial charge < -0.3 is 19.5 Å². The molecule has 2 fully saturated rings. The van der Waals surface area contributed by atoms with Crippen molar-refractivity contribution in [1.82, 2.24) is 9.88 Å². The van der Waals surface area contributed by atoms with Gasteiger partial charge in [0.1, 0.15) is 11.9 Å². The number of pyridine rings is 1. The third-order valence-corrected chi connectivity index (χ3v) is 5.65. The lowest BCUT2D eigenvalue weighted by Gasteiger charge is -2.54. The smallest absolute Gasteiger partial charge is 0.474 e. The zero-order chi connectivity index (χ0) is 20.4. The number of ether oxygens (including phenoxy) is 2. The first-order valence-electron chi connectivity index (χ1n) is 9.52. The van der Waals surface area contributed by atoms with E-state index in [0.29, 0.717) is 6.42 Å². The van der Waals surface area contributed by atoms with Crippen LogP contribution in [0.15, 0.2) is 18.3 Å². The first-order chi connectivity index (χ1) is 13.2. The van der Waals surface area contributed by atoms with E-state index in [4.69, 9.17) is 4.74 Å². The van der Waals surface area contributed by atoms with Gasteiger partial charge in [-0.3, -0.25) is 4.79 Å². The predicted octanol–water partition coefficient (Wildman–Crippen LogP) is 3.15. The van der Waals surface area contributed by atoms with Crippen LogP contribution in [0.4, 0.5) is 13.2 Å². The number of amides is 1. The van der Waals surface area contributed by atoms with E-state index in [1.807, 2.05) is 11.8 Å². The van der Waals surface area contributed by atoms with Crippen LogP contribution in [0.3, 0.4) is 0 Å². The largest absolute Gasteiger partial charge is 0.573 e. The van der Waals surface area contributed by atoms with Gasteiger partial charge in [0.2, 0.25) is 11.8 Å². The predicted molar refractivity (Wildman–Crippen MR) is 93.7 cm³/mol. The van der Waals surface area contributed by atoms with Crippen LogP contribution in [0.1, 0.15) is 39.0 Å². The third kappa shape index (κ3) is 4.87. The van der Waals surface area contributed by atoms with E-state index in [9.17, 15) is 23.1 Å². The fourth-order valence-electron chi connectivity index (χ4n) is 4.00. The second-order valence-corrected chi connectivity index (χ2v) is 7.68. The molecule has 0 unspecified atom stereocenters. The topological polar surface area (TPSA) is 71.9 Å². The van der Waals surface area contributed by atoms with Crippen molar-refractivity contribution in [3.63, 3.8) is 0 Å². The lowest BCUT2D eigenvalue weighted by atomic mass is 9.67. The lowest BCUT2D eigenvalue weighted by molar-refractivity contribution is -0.274. The normalized spacial score (nSPS) is 20.5. The minimum absolute atomic E-state index is 0.0272. The van der Waals surface area contributed by atoms with Crippen LogP contribution >= 0.6 is 0 Å². The Labute approximate surface area is 161 Å². The highest BCUT2D eigenvalue weighted by Gasteiger charge is 2.48. The maximum absolute atomic E-state index is 12.3. The second kappa shape index (κ2) is 8.14. The Bertz CT molecular complexity index is 661. The number of aliphatic hydroxyl groups is 1. The van der Waals surface area contributed by atoms with Gasteiger partial charge in [0.15, 0.2) is 0 Å². The molecule has 1 atom stereocenters. The Morgan fingerprint density at radius 3 is 2.54 bits per heavy atom. The summed E-state index contributed by atoms with van der Waals surface area (Å²) in [5, 5.41) is 9.28. The zero-order valence-corrected chi connectivity index (χ0v) is 15.7. The number of aromatic nitrogens is 1. The van der Waals surface area contributed by atoms with Crippen molar-refractivity contribution in [2.24, 2.45) is 11.3 Å². The molecule has 1 aromatic rings. The van der Waals surface area contributed by atoms with E-state index in [2.05, 4.69) is 9.72 Å². The fourth-order valence-corrected chi connectivity index (χ4v) is 4.00. The molecule has 0 aromatic carbocycles. The summed E-state index contributed by atoms with van der Waals surface area (Å²) >= 11 is 0. The molecule has 3 rings (SSSR count). The number of hydrogen-bond acceptors (Lipinski definition) is 5. The van der Waals surface area contributed by atoms with E-state index < -0.39 is 6.36 Å². The second-order valence-electron chi connectivity index (χ2n) is 7.68. The summed E-state index contributed by atoms with van der Waals surface area (Å²) in [5.41, 5.74) is 0.126. The average molecular weight is 402 g/mol. The van der Waals surface area contributed by atoms with Crippen LogP contribution in [0, 0.1) is 11.3 Å². The van der Waals surface area contributed by atoms with Gasteiger partial charge in [-0.15, -0.1) is 13.2 Å². The number of nitrogens with zero attached hydrogens (tertiary/aromatic N) is 2. The SMILES string of the molecule is CC[C@H](CO)C(=O)N1CC2(CCC(Oc3ccc(OC(F)(F)F)cn3)CC2)C1. The summed E-state index contributed by atoms with van der Waals surface area (Å²) in [6.07, 6.45) is 0.303. The van der Waals surface area contributed by atoms with E-state index in [1.54, 1.807) is 0 Å². The first-order valence-corrected chi connectivity index (χ1v) is 9.52. The highest BCUT2D eigenvalue weighted by molar-refractivity contribution is 5.80. The molecule has 1 spiro atoms. The highest BCUT2D eigenvalue weighted by atomic mass is 19.4. The number of rotatable bonds is 6. The van der Waals surface area contributed by atoms with Crippen molar-refractivity contribution < 1.29 is 32.5 Å². The Hall–Kier alpha value is -2.03. The highest BCUT2D eigenvalue weighted by Crippen LogP contribution is 2.45. The van der Waals surface area contributed by atoms with Crippen molar-refractivity contribution >= 4 is 5.91 Å². The molecule has 156 valence electrons. The summed E-state index contributed by atoms with van der Waals surface area (Å²) in [6, 6.07) is 2.55. The molecule has 28 heavy (non-hydrogen) atoms. The van der Waals surface area contributed by atoms with E-state index in [1.165, 1.54) is 12.1 Å². The van der Waals surface area contributed by atoms with Crippen LogP contribution in [0.25, 0.3) is 0 Å². The van der Waals surface area contributed by atoms with Crippen molar-refractivity contribution in [1.29, 1.82) is 0 Å². The third-order valence-electron chi connectivity index (χ3n) is 5.65. The van der Waals surface area contributed by atoms with Gasteiger partial charge in [-0.1, -0.05) is 6.92 Å². The molecule has 0 radical (unpaired) electrons. The zero-order valence-electron chi connectivity index (χ0n) is 15.7. The van der Waals surface area contributed by atoms with Gasteiger partial charge in [0.05, 0.1) is 18.7 Å². The van der Waals surface area contributed by atoms with E-state index >= 15 is 0 Å². The fraction of sp³-hybridized carbons (Fsp3) is 0.684. The average Bonchev–Trinajstić information content (AvgIpc) is 2.62. The maximum Gasteiger partial charge on any atom is 0.573 e. The van der Waals surface area contributed by atoms with Crippen LogP contribution in [0.5, 0.6) is 11.6 Å². The summed E-state index contributed by atoms with van der Waals surface area (Å²) in [4.78, 5) is 18.0. The van der Waals surface area contributed by atoms with Crippen LogP contribution in [0.2, 0.25) is 0 Å². The molecular formula is C19H25F3N2O4. The van der Waals surface area contributed by atoms with Gasteiger partial charge in [0.25, 0.3) is 0 Å². The van der Waals surface area contributed by atoms with Gasteiger partial charge >= 0.3 is 6.36 Å². The number of likely N-dealkylation sites (tertiary alicyclic amines) is 1. The minimum Gasteiger partial charge on any atom is -0.474 e. The molecule has 0 bridgehead atoms. The van der Waals surface area contributed by atoms with Crippen molar-refractivity contribution in [2.45, 2.75) is 51.5 Å². The van der Waals surface area contributed by atoms with Crippen LogP contribution < -0.4 is 9.47 Å². The van der Waals surface area contributed by atoms with Crippen molar-refractivity contribution in [3.8, 4) is 11.6 Å². The Kier molecular flexibility index (Phi) is 6.02. The van der Waals surface area contributed by atoms with E-state index in [-0.39, 0.29) is 41.6 Å². The van der Waals surface area contributed by atoms with Crippen molar-refractivity contribution in [2.75, 3.05) is 19.7 Å². The Balaban J connectivity index is 1.45. The first kappa shape index (κ1) is 20.7. The van der Waals surface area contributed by atoms with Crippen LogP contribution in [-0.4, -0.2) is 53.1 Å². The molecule has 1 aromatic heterocycles. The monoisotopic (exact) mass is 402 g/mol. The summed E-state index contributed by atoms with van der Waals surface area (Å²) in [7, 11) is 0. The van der Waals surface area contributed by atoms with Gasteiger partial charge in [-0.25, -0.2) is 4.98 Å². The quantitative estimate of drug-likeness (QED) is 0.792. The molecule has 2 heterocycles. The standard InChI is InChI=1S/C19H25F3N2O4/c1-2-13(10-25)17(26)24-11-18(12-24)7-5-14(6-8-18)27-16-4-3-15(9-23-16)28-19(20,21)22/h3-4,9,13-14,25H,2,5-8,10-12H2,1H3/t13-/m1/s1. The maximum atomic E-state index is 12.3. The molecule has 1 amide bonds. The van der Waals surface area contributed by atoms with Gasteiger partial charge in [0, 0.05) is 24.6 Å². The van der Waals surface area contributed by atoms with Gasteiger partial charge in [-0.05, 0) is 38.2 Å². The molecule has 2 aliphatic rings. The number of aliphatic hydroxyl groups excluding tert-OH is 1. The number of hydrogen-bond donors (Lipinski definition) is 1. The molecular weight excluding hydrogens is 377 g/mol. The van der Waals surface area contributed by atoms with Crippen molar-refractivity contribution in [3.05, 3.63) is 18.3 Å². The molecule has 9 heteroatoms. The number of alkyl halides is 3. The molecule has 1 saturated heterocycles. The summed E-state index contributed by atoms with van der Waals surface area (Å²) in [5.74, 6) is -0.392. The Morgan fingerprint density at radius 1 is 1.36 bits per heavy atom. The number of carbonyl (C=O) groups is 1. The number of carbonyl (C=O) groups excluding carboxylic acids is 1. The molecule has 1 aliphatic carbocycles. The van der Waals surface area contributed by atoms with Crippen LogP contribution in [-0.2, 0) is 4.79 Å². The minimum atomic E-state index is -4.74.